The van der Waals surface area contributed by atoms with Crippen molar-refractivity contribution < 1.29 is 22.9 Å². The molecule has 6 nitrogen and oxygen atoms in total. The highest BCUT2D eigenvalue weighted by Crippen LogP contribution is 2.14. The summed E-state index contributed by atoms with van der Waals surface area (Å²) in [5, 5.41) is 13.2. The number of allylic oxidation sites excluding steroid dienone is 11. The molecule has 7 heteroatoms. The molecule has 0 aliphatic heterocycles. The number of hydrogen-bond acceptors (Lipinski definition) is 4. The van der Waals surface area contributed by atoms with Crippen molar-refractivity contribution in [3.63, 3.8) is 0 Å². The predicted molar refractivity (Wildman–Crippen MR) is 221 cm³/mol. The van der Waals surface area contributed by atoms with Crippen LogP contribution in [0.2, 0.25) is 0 Å². The largest absolute Gasteiger partial charge is 0.387 e. The molecule has 0 bridgehead atoms. The lowest BCUT2D eigenvalue weighted by Gasteiger charge is -2.21. The van der Waals surface area contributed by atoms with Gasteiger partial charge in [0.1, 0.15) is 0 Å². The van der Waals surface area contributed by atoms with Crippen LogP contribution >= 0.6 is 0 Å². The second-order valence-electron chi connectivity index (χ2n) is 13.9. The fourth-order valence-electron chi connectivity index (χ4n) is 5.83. The fraction of sp³-hybridized carbons (Fsp3) is 0.705. The number of rotatable bonds is 36. The lowest BCUT2D eigenvalue weighted by molar-refractivity contribution is -0.122. The molecule has 0 fully saturated rings. The fourth-order valence-corrected chi connectivity index (χ4v) is 6.56. The first-order chi connectivity index (χ1) is 24.8. The molecule has 0 aromatic carbocycles. The van der Waals surface area contributed by atoms with Crippen molar-refractivity contribution in [2.24, 2.45) is 0 Å². The summed E-state index contributed by atoms with van der Waals surface area (Å²) in [7, 11) is -4.35. The highest BCUT2D eigenvalue weighted by molar-refractivity contribution is 7.85. The van der Waals surface area contributed by atoms with Crippen molar-refractivity contribution in [3.05, 3.63) is 72.9 Å². The smallest absolute Gasteiger partial charge is 0.267 e. The topological polar surface area (TPSA) is 104 Å². The van der Waals surface area contributed by atoms with E-state index in [1.807, 2.05) is 6.08 Å². The van der Waals surface area contributed by atoms with Crippen LogP contribution < -0.4 is 5.32 Å². The van der Waals surface area contributed by atoms with Gasteiger partial charge in [0.2, 0.25) is 5.91 Å². The van der Waals surface area contributed by atoms with Crippen LogP contribution in [-0.4, -0.2) is 41.9 Å². The Morgan fingerprint density at radius 1 is 0.549 bits per heavy atom. The maximum Gasteiger partial charge on any atom is 0.267 e. The van der Waals surface area contributed by atoms with E-state index in [9.17, 15) is 22.9 Å². The van der Waals surface area contributed by atoms with E-state index in [0.29, 0.717) is 6.42 Å². The average molecular weight is 732 g/mol. The molecule has 0 saturated carbocycles. The Labute approximate surface area is 314 Å². The Hall–Kier alpha value is -2.22. The number of hydrogen-bond donors (Lipinski definition) is 3. The summed E-state index contributed by atoms with van der Waals surface area (Å²) in [4.78, 5) is 12.5. The van der Waals surface area contributed by atoms with Crippen molar-refractivity contribution in [2.75, 3.05) is 5.75 Å². The summed E-state index contributed by atoms with van der Waals surface area (Å²) in [6.45, 7) is 4.40. The quantitative estimate of drug-likeness (QED) is 0.0338. The van der Waals surface area contributed by atoms with Crippen LogP contribution in [-0.2, 0) is 14.9 Å². The Morgan fingerprint density at radius 3 is 1.39 bits per heavy atom. The highest BCUT2D eigenvalue weighted by Gasteiger charge is 2.24. The molecule has 0 radical (unpaired) electrons. The first-order valence-electron chi connectivity index (χ1n) is 20.6. The van der Waals surface area contributed by atoms with E-state index in [-0.39, 0.29) is 12.3 Å². The number of carbonyl (C=O) groups excluding carboxylic acids is 1. The van der Waals surface area contributed by atoms with E-state index < -0.39 is 28.0 Å². The van der Waals surface area contributed by atoms with Crippen LogP contribution in [0.5, 0.6) is 0 Å². The molecule has 294 valence electrons. The van der Waals surface area contributed by atoms with Crippen LogP contribution in [0.3, 0.4) is 0 Å². The van der Waals surface area contributed by atoms with Gasteiger partial charge in [-0.05, 0) is 64.2 Å². The first-order valence-corrected chi connectivity index (χ1v) is 22.2. The molecular formula is C44H77NO5S. The maximum atomic E-state index is 12.5. The molecule has 0 saturated heterocycles. The normalized spacial score (nSPS) is 14.0. The summed E-state index contributed by atoms with van der Waals surface area (Å²) in [5.74, 6) is -1.01. The Bertz CT molecular complexity index is 1070. The van der Waals surface area contributed by atoms with Gasteiger partial charge in [0.25, 0.3) is 10.1 Å². The van der Waals surface area contributed by atoms with Crippen molar-refractivity contribution in [3.8, 4) is 0 Å². The van der Waals surface area contributed by atoms with E-state index >= 15 is 0 Å². The van der Waals surface area contributed by atoms with Gasteiger partial charge in [-0.25, -0.2) is 0 Å². The Morgan fingerprint density at radius 2 is 0.941 bits per heavy atom. The molecular weight excluding hydrogens is 655 g/mol. The number of carbonyl (C=O) groups is 1. The molecule has 3 N–H and O–H groups in total. The van der Waals surface area contributed by atoms with E-state index in [1.165, 1.54) is 70.6 Å². The molecule has 51 heavy (non-hydrogen) atoms. The van der Waals surface area contributed by atoms with Crippen LogP contribution in [0, 0.1) is 0 Å². The van der Waals surface area contributed by atoms with Gasteiger partial charge in [0, 0.05) is 6.42 Å². The Kier molecular flexibility index (Phi) is 35.9. The minimum atomic E-state index is -4.35. The van der Waals surface area contributed by atoms with Crippen molar-refractivity contribution in [2.45, 2.75) is 193 Å². The van der Waals surface area contributed by atoms with Gasteiger partial charge in [0.05, 0.1) is 17.9 Å². The summed E-state index contributed by atoms with van der Waals surface area (Å²) < 4.78 is 32.5. The zero-order chi connectivity index (χ0) is 37.5. The van der Waals surface area contributed by atoms with Gasteiger partial charge in [-0.15, -0.1) is 0 Å². The van der Waals surface area contributed by atoms with Crippen LogP contribution in [0.1, 0.15) is 181 Å². The molecule has 0 aliphatic rings. The molecule has 0 aliphatic carbocycles. The summed E-state index contributed by atoms with van der Waals surface area (Å²) in [5.41, 5.74) is 0. The number of aliphatic hydroxyl groups excluding tert-OH is 1. The summed E-state index contributed by atoms with van der Waals surface area (Å²) in [6.07, 6.45) is 53.1. The van der Waals surface area contributed by atoms with E-state index in [4.69, 9.17) is 0 Å². The minimum absolute atomic E-state index is 0.270. The lowest BCUT2D eigenvalue weighted by atomic mass is 10.0. The van der Waals surface area contributed by atoms with Crippen LogP contribution in [0.4, 0.5) is 0 Å². The first kappa shape index (κ1) is 48.8. The van der Waals surface area contributed by atoms with Crippen LogP contribution in [0.25, 0.3) is 0 Å². The molecule has 2 unspecified atom stereocenters. The van der Waals surface area contributed by atoms with E-state index in [1.54, 1.807) is 6.08 Å². The molecule has 1 amide bonds. The van der Waals surface area contributed by atoms with Gasteiger partial charge >= 0.3 is 0 Å². The van der Waals surface area contributed by atoms with Crippen molar-refractivity contribution in [1.82, 2.24) is 5.32 Å². The second-order valence-corrected chi connectivity index (χ2v) is 15.4. The molecule has 0 aromatic rings. The minimum Gasteiger partial charge on any atom is -0.387 e. The lowest BCUT2D eigenvalue weighted by Crippen LogP contribution is -2.46. The second kappa shape index (κ2) is 37.5. The van der Waals surface area contributed by atoms with Crippen molar-refractivity contribution >= 4 is 16.0 Å². The third kappa shape index (κ3) is 38.8. The van der Waals surface area contributed by atoms with Crippen molar-refractivity contribution in [1.29, 1.82) is 0 Å². The molecule has 2 atom stereocenters. The van der Waals surface area contributed by atoms with Gasteiger partial charge in [-0.3, -0.25) is 9.35 Å². The van der Waals surface area contributed by atoms with Crippen LogP contribution in [0.15, 0.2) is 72.9 Å². The number of amides is 1. The maximum absolute atomic E-state index is 12.5. The summed E-state index contributed by atoms with van der Waals surface area (Å²) in [6, 6.07) is -1.07. The van der Waals surface area contributed by atoms with E-state index in [2.05, 4.69) is 79.9 Å². The molecule has 0 spiro atoms. The number of nitrogens with one attached hydrogen (secondary N) is 1. The predicted octanol–water partition coefficient (Wildman–Crippen LogP) is 12.2. The van der Waals surface area contributed by atoms with E-state index in [0.717, 1.165) is 83.5 Å². The Balaban J connectivity index is 3.99. The van der Waals surface area contributed by atoms with Gasteiger partial charge < -0.3 is 10.4 Å². The third-order valence-electron chi connectivity index (χ3n) is 8.89. The third-order valence-corrected chi connectivity index (χ3v) is 9.67. The monoisotopic (exact) mass is 732 g/mol. The summed E-state index contributed by atoms with van der Waals surface area (Å²) >= 11 is 0. The molecule has 0 rings (SSSR count). The van der Waals surface area contributed by atoms with Gasteiger partial charge in [0.15, 0.2) is 0 Å². The standard InChI is InChI=1S/C44H77NO5S/c1-3-5-7-9-11-13-15-17-19-20-21-22-23-24-26-28-30-32-34-36-38-40-44(47)45-42(41-51(48,49)50)43(46)39-37-35-33-31-29-27-25-18-16-14-12-10-8-6-4-2/h5,7,11,13,17,19,21-22,24,26,37,39,42-43,46H,3-4,6,8-10,12,14-16,18,20,23,25,27-36,38,40-41H2,1-2H3,(H,45,47)(H,48,49,50)/b7-5-,13-11-,19-17-,22-21-,26-24-,39-37+. The SMILES string of the molecule is CC/C=C\C/C=C\C/C=C\C/C=C\C/C=C\CCCCCCCC(=O)NC(CS(=O)(=O)O)C(O)/C=C/CCCCCCCCCCCCCCC. The average Bonchev–Trinajstić information content (AvgIpc) is 3.09. The molecule has 0 heterocycles. The number of aliphatic hydroxyl groups is 1. The molecule has 0 aromatic heterocycles. The number of unbranched alkanes of at least 4 members (excludes halogenated alkanes) is 18. The zero-order valence-corrected chi connectivity index (χ0v) is 33.5. The van der Waals surface area contributed by atoms with Gasteiger partial charge in [-0.1, -0.05) is 183 Å². The highest BCUT2D eigenvalue weighted by atomic mass is 32.2. The zero-order valence-electron chi connectivity index (χ0n) is 32.7. The van der Waals surface area contributed by atoms with Gasteiger partial charge in [-0.2, -0.15) is 8.42 Å².